The molecule has 2 aromatic carbocycles. The number of rotatable bonds is 6. The maximum Gasteiger partial charge on any atom is 0.255 e. The maximum absolute atomic E-state index is 12.5. The van der Waals surface area contributed by atoms with Crippen molar-refractivity contribution in [3.05, 3.63) is 44.9 Å². The average Bonchev–Trinajstić information content (AvgIpc) is 2.57. The van der Waals surface area contributed by atoms with Gasteiger partial charge in [-0.3, -0.25) is 9.59 Å². The van der Waals surface area contributed by atoms with Crippen molar-refractivity contribution in [2.24, 2.45) is 5.73 Å². The number of nitrogen functional groups attached to an aromatic ring is 1. The molecule has 0 aromatic heterocycles. The van der Waals surface area contributed by atoms with Gasteiger partial charge in [-0.15, -0.1) is 0 Å². The summed E-state index contributed by atoms with van der Waals surface area (Å²) in [4.78, 5) is 23.3. The number of benzene rings is 2. The predicted octanol–water partition coefficient (Wildman–Crippen LogP) is 3.35. The number of anilines is 2. The first-order chi connectivity index (χ1) is 12.2. The number of hydrogen-bond acceptors (Lipinski definition) is 5. The second kappa shape index (κ2) is 8.35. The quantitative estimate of drug-likeness (QED) is 0.622. The first kappa shape index (κ1) is 20.0. The lowest BCUT2D eigenvalue weighted by Gasteiger charge is -2.14. The minimum atomic E-state index is -0.679. The molecular formula is C16H14Cl3N3O4. The summed E-state index contributed by atoms with van der Waals surface area (Å²) >= 11 is 18.0. The molecular weight excluding hydrogens is 405 g/mol. The summed E-state index contributed by atoms with van der Waals surface area (Å²) in [6.07, 6.45) is 0. The second-order valence-corrected chi connectivity index (χ2v) is 6.27. The van der Waals surface area contributed by atoms with E-state index in [0.717, 1.165) is 0 Å². The second-order valence-electron chi connectivity index (χ2n) is 5.05. The van der Waals surface area contributed by atoms with Crippen molar-refractivity contribution in [2.75, 3.05) is 24.8 Å². The number of amides is 2. The Hall–Kier alpha value is -2.35. The number of ether oxygens (including phenoxy) is 2. The lowest BCUT2D eigenvalue weighted by atomic mass is 10.1. The van der Waals surface area contributed by atoms with Crippen molar-refractivity contribution in [3.8, 4) is 11.5 Å². The first-order valence-corrected chi connectivity index (χ1v) is 8.20. The van der Waals surface area contributed by atoms with Crippen LogP contribution in [0.1, 0.15) is 10.4 Å². The molecule has 0 atom stereocenters. The number of carbonyl (C=O) groups is 2. The zero-order chi connectivity index (χ0) is 19.4. The van der Waals surface area contributed by atoms with E-state index >= 15 is 0 Å². The summed E-state index contributed by atoms with van der Waals surface area (Å²) in [7, 11) is 1.37. The van der Waals surface area contributed by atoms with Crippen LogP contribution >= 0.6 is 34.8 Å². The van der Waals surface area contributed by atoms with Gasteiger partial charge in [-0.05, 0) is 24.3 Å². The van der Waals surface area contributed by atoms with Crippen LogP contribution < -0.4 is 26.3 Å². The van der Waals surface area contributed by atoms with Crippen LogP contribution in [0.4, 0.5) is 11.4 Å². The molecule has 0 saturated heterocycles. The topological polar surface area (TPSA) is 117 Å². The van der Waals surface area contributed by atoms with Crippen LogP contribution in [0.3, 0.4) is 0 Å². The monoisotopic (exact) mass is 417 g/mol. The van der Waals surface area contributed by atoms with E-state index in [2.05, 4.69) is 5.32 Å². The third kappa shape index (κ3) is 4.63. The molecule has 138 valence electrons. The number of halogens is 3. The van der Waals surface area contributed by atoms with Gasteiger partial charge in [-0.25, -0.2) is 0 Å². The summed E-state index contributed by atoms with van der Waals surface area (Å²) in [5.74, 6) is -0.911. The molecule has 0 bridgehead atoms. The molecule has 5 N–H and O–H groups in total. The van der Waals surface area contributed by atoms with Crippen molar-refractivity contribution < 1.29 is 19.1 Å². The first-order valence-electron chi connectivity index (χ1n) is 7.07. The summed E-state index contributed by atoms with van der Waals surface area (Å²) in [5.41, 5.74) is 11.4. The van der Waals surface area contributed by atoms with E-state index in [0.29, 0.717) is 5.69 Å². The molecule has 0 radical (unpaired) electrons. The molecule has 0 aliphatic heterocycles. The number of nitrogens with one attached hydrogen (secondary N) is 1. The van der Waals surface area contributed by atoms with E-state index in [1.165, 1.54) is 31.4 Å². The lowest BCUT2D eigenvalue weighted by molar-refractivity contribution is -0.119. The largest absolute Gasteiger partial charge is 0.493 e. The van der Waals surface area contributed by atoms with Gasteiger partial charge in [0.15, 0.2) is 18.1 Å². The van der Waals surface area contributed by atoms with Gasteiger partial charge in [-0.2, -0.15) is 0 Å². The highest BCUT2D eigenvalue weighted by atomic mass is 35.5. The lowest BCUT2D eigenvalue weighted by Crippen LogP contribution is -2.20. The van der Waals surface area contributed by atoms with Gasteiger partial charge < -0.3 is 26.3 Å². The van der Waals surface area contributed by atoms with Crippen LogP contribution in [0.5, 0.6) is 11.5 Å². The van der Waals surface area contributed by atoms with Crippen LogP contribution in [0.15, 0.2) is 24.3 Å². The van der Waals surface area contributed by atoms with Gasteiger partial charge in [0.1, 0.15) is 0 Å². The van der Waals surface area contributed by atoms with Crippen LogP contribution in [0.25, 0.3) is 0 Å². The van der Waals surface area contributed by atoms with Crippen LogP contribution in [-0.4, -0.2) is 25.5 Å². The van der Waals surface area contributed by atoms with Gasteiger partial charge in [-0.1, -0.05) is 34.8 Å². The molecule has 0 spiro atoms. The van der Waals surface area contributed by atoms with E-state index in [4.69, 9.17) is 55.7 Å². The molecule has 0 unspecified atom stereocenters. The fourth-order valence-corrected chi connectivity index (χ4v) is 2.75. The Labute approximate surface area is 164 Å². The third-order valence-electron chi connectivity index (χ3n) is 3.19. The Bertz CT molecular complexity index is 851. The normalized spacial score (nSPS) is 10.3. The Morgan fingerprint density at radius 3 is 2.23 bits per heavy atom. The summed E-state index contributed by atoms with van der Waals surface area (Å²) in [5, 5.41) is 3.11. The summed E-state index contributed by atoms with van der Waals surface area (Å²) < 4.78 is 10.4. The van der Waals surface area contributed by atoms with Gasteiger partial charge in [0.05, 0.1) is 27.9 Å². The molecule has 0 aliphatic rings. The fraction of sp³-hybridized carbons (Fsp3) is 0.125. The number of hydrogen-bond donors (Lipinski definition) is 3. The van der Waals surface area contributed by atoms with Crippen LogP contribution in [0, 0.1) is 0 Å². The minimum absolute atomic E-state index is 0.0733. The molecule has 0 saturated carbocycles. The Morgan fingerprint density at radius 2 is 1.69 bits per heavy atom. The van der Waals surface area contributed by atoms with Gasteiger partial charge in [0.25, 0.3) is 11.8 Å². The molecule has 0 fully saturated rings. The van der Waals surface area contributed by atoms with Crippen LogP contribution in [-0.2, 0) is 4.79 Å². The molecule has 26 heavy (non-hydrogen) atoms. The van der Waals surface area contributed by atoms with Crippen molar-refractivity contribution >= 4 is 58.0 Å². The van der Waals surface area contributed by atoms with E-state index in [9.17, 15) is 9.59 Å². The molecule has 0 heterocycles. The van der Waals surface area contributed by atoms with Gasteiger partial charge in [0.2, 0.25) is 0 Å². The van der Waals surface area contributed by atoms with E-state index in [1.54, 1.807) is 0 Å². The van der Waals surface area contributed by atoms with Gasteiger partial charge in [0, 0.05) is 11.3 Å². The third-order valence-corrected chi connectivity index (χ3v) is 4.09. The highest BCUT2D eigenvalue weighted by molar-refractivity contribution is 6.39. The predicted molar refractivity (Wildman–Crippen MR) is 102 cm³/mol. The van der Waals surface area contributed by atoms with E-state index in [-0.39, 0.29) is 44.4 Å². The molecule has 2 rings (SSSR count). The zero-order valence-corrected chi connectivity index (χ0v) is 15.7. The summed E-state index contributed by atoms with van der Waals surface area (Å²) in [6.45, 7) is -0.385. The Morgan fingerprint density at radius 1 is 1.08 bits per heavy atom. The number of carbonyl (C=O) groups excluding carboxylic acids is 2. The Balaban J connectivity index is 2.29. The highest BCUT2D eigenvalue weighted by Crippen LogP contribution is 2.37. The van der Waals surface area contributed by atoms with Gasteiger partial charge >= 0.3 is 0 Å². The standard InChI is InChI=1S/C16H14Cl3N3O4/c1-25-12-3-7(2-11(19)15(12)26-6-13(20)23)16(24)22-8-4-9(17)14(21)10(18)5-8/h2-5H,6,21H2,1H3,(H2,20,23)(H,22,24). The number of primary amides is 1. The number of nitrogens with two attached hydrogens (primary N) is 2. The zero-order valence-electron chi connectivity index (χ0n) is 13.4. The minimum Gasteiger partial charge on any atom is -0.493 e. The molecule has 10 heteroatoms. The van der Waals surface area contributed by atoms with Crippen molar-refractivity contribution in [1.82, 2.24) is 0 Å². The molecule has 7 nitrogen and oxygen atoms in total. The summed E-state index contributed by atoms with van der Waals surface area (Å²) in [6, 6.07) is 5.68. The fourth-order valence-electron chi connectivity index (χ4n) is 1.99. The molecule has 2 amide bonds. The van der Waals surface area contributed by atoms with Crippen molar-refractivity contribution in [2.45, 2.75) is 0 Å². The maximum atomic E-state index is 12.5. The molecule has 2 aromatic rings. The SMILES string of the molecule is COc1cc(C(=O)Nc2cc(Cl)c(N)c(Cl)c2)cc(Cl)c1OCC(N)=O. The van der Waals surface area contributed by atoms with Crippen molar-refractivity contribution in [1.29, 1.82) is 0 Å². The highest BCUT2D eigenvalue weighted by Gasteiger charge is 2.17. The number of methoxy groups -OCH3 is 1. The average molecular weight is 419 g/mol. The Kier molecular flexibility index (Phi) is 6.42. The van der Waals surface area contributed by atoms with E-state index < -0.39 is 11.8 Å². The smallest absolute Gasteiger partial charge is 0.255 e. The van der Waals surface area contributed by atoms with Crippen molar-refractivity contribution in [3.63, 3.8) is 0 Å². The molecule has 0 aliphatic carbocycles. The van der Waals surface area contributed by atoms with E-state index in [1.807, 2.05) is 0 Å². The van der Waals surface area contributed by atoms with Crippen LogP contribution in [0.2, 0.25) is 15.1 Å².